The highest BCUT2D eigenvalue weighted by Crippen LogP contribution is 2.21. The zero-order valence-corrected chi connectivity index (χ0v) is 13.3. The molecule has 0 unspecified atom stereocenters. The third-order valence-electron chi connectivity index (χ3n) is 3.19. The van der Waals surface area contributed by atoms with Gasteiger partial charge in [0.1, 0.15) is 5.82 Å². The Balaban J connectivity index is 2.05. The fraction of sp³-hybridized carbons (Fsp3) is 0.188. The van der Waals surface area contributed by atoms with E-state index in [0.29, 0.717) is 0 Å². The van der Waals surface area contributed by atoms with Crippen LogP contribution in [0.4, 0.5) is 28.9 Å². The molecule has 0 saturated carbocycles. The van der Waals surface area contributed by atoms with Crippen LogP contribution in [0.3, 0.4) is 0 Å². The van der Waals surface area contributed by atoms with Crippen molar-refractivity contribution in [2.75, 3.05) is 10.6 Å². The number of rotatable bonds is 6. The maximum Gasteiger partial charge on any atom is 0.390 e. The Morgan fingerprint density at radius 2 is 2.00 bits per heavy atom. The minimum absolute atomic E-state index is 0.0353. The Bertz CT molecular complexity index is 830. The molecule has 2 N–H and O–H groups in total. The average molecular weight is 370 g/mol. The molecule has 1 aromatic heterocycles. The SMILES string of the molecule is C=CC(=O)Nc1cc(NC(=O)c2cnn(CCC(F)(F)F)c2)ccc1F. The summed E-state index contributed by atoms with van der Waals surface area (Å²) in [4.78, 5) is 23.4. The van der Waals surface area contributed by atoms with E-state index in [-0.39, 0.29) is 16.9 Å². The van der Waals surface area contributed by atoms with Gasteiger partial charge < -0.3 is 10.6 Å². The molecule has 0 aliphatic rings. The fourth-order valence-corrected chi connectivity index (χ4v) is 1.93. The van der Waals surface area contributed by atoms with Crippen LogP contribution >= 0.6 is 0 Å². The summed E-state index contributed by atoms with van der Waals surface area (Å²) in [6.45, 7) is 2.83. The summed E-state index contributed by atoms with van der Waals surface area (Å²) in [5.74, 6) is -1.98. The zero-order valence-electron chi connectivity index (χ0n) is 13.3. The van der Waals surface area contributed by atoms with Crippen molar-refractivity contribution in [2.45, 2.75) is 19.1 Å². The number of aryl methyl sites for hydroxylation is 1. The average Bonchev–Trinajstić information content (AvgIpc) is 3.04. The maximum absolute atomic E-state index is 13.6. The molecular formula is C16H14F4N4O2. The van der Waals surface area contributed by atoms with Crippen LogP contribution in [-0.4, -0.2) is 27.8 Å². The van der Waals surface area contributed by atoms with E-state index in [2.05, 4.69) is 22.3 Å². The van der Waals surface area contributed by atoms with Gasteiger partial charge in [-0.1, -0.05) is 6.58 Å². The number of aromatic nitrogens is 2. The Labute approximate surface area is 145 Å². The number of amides is 2. The number of carbonyl (C=O) groups excluding carboxylic acids is 2. The number of alkyl halides is 3. The molecular weight excluding hydrogens is 356 g/mol. The Hall–Kier alpha value is -3.17. The van der Waals surface area contributed by atoms with Crippen molar-refractivity contribution in [3.8, 4) is 0 Å². The van der Waals surface area contributed by atoms with E-state index in [1.807, 2.05) is 0 Å². The predicted molar refractivity (Wildman–Crippen MR) is 86.1 cm³/mol. The van der Waals surface area contributed by atoms with Crippen LogP contribution in [0.25, 0.3) is 0 Å². The lowest BCUT2D eigenvalue weighted by Crippen LogP contribution is -2.14. The molecule has 0 spiro atoms. The van der Waals surface area contributed by atoms with Crippen LogP contribution in [0.5, 0.6) is 0 Å². The smallest absolute Gasteiger partial charge is 0.322 e. The van der Waals surface area contributed by atoms with Gasteiger partial charge >= 0.3 is 6.18 Å². The van der Waals surface area contributed by atoms with E-state index < -0.39 is 36.8 Å². The van der Waals surface area contributed by atoms with Crippen molar-refractivity contribution in [3.05, 3.63) is 54.6 Å². The molecule has 1 heterocycles. The number of benzene rings is 1. The lowest BCUT2D eigenvalue weighted by Gasteiger charge is -2.08. The van der Waals surface area contributed by atoms with Crippen LogP contribution in [-0.2, 0) is 11.3 Å². The monoisotopic (exact) mass is 370 g/mol. The second-order valence-electron chi connectivity index (χ2n) is 5.20. The molecule has 0 radical (unpaired) electrons. The molecule has 0 bridgehead atoms. The molecule has 0 fully saturated rings. The van der Waals surface area contributed by atoms with E-state index >= 15 is 0 Å². The van der Waals surface area contributed by atoms with Gasteiger partial charge in [0.15, 0.2) is 0 Å². The molecule has 0 atom stereocenters. The number of nitrogens with one attached hydrogen (secondary N) is 2. The van der Waals surface area contributed by atoms with Gasteiger partial charge in [-0.05, 0) is 24.3 Å². The van der Waals surface area contributed by atoms with Crippen molar-refractivity contribution in [1.29, 1.82) is 0 Å². The highest BCUT2D eigenvalue weighted by molar-refractivity contribution is 6.04. The first-order valence-electron chi connectivity index (χ1n) is 7.31. The van der Waals surface area contributed by atoms with Crippen LogP contribution < -0.4 is 10.6 Å². The Kier molecular flexibility index (Phi) is 5.75. The van der Waals surface area contributed by atoms with E-state index in [1.165, 1.54) is 18.3 Å². The molecule has 0 saturated heterocycles. The van der Waals surface area contributed by atoms with Gasteiger partial charge in [-0.3, -0.25) is 14.3 Å². The molecule has 2 rings (SSSR count). The van der Waals surface area contributed by atoms with Gasteiger partial charge in [-0.25, -0.2) is 4.39 Å². The molecule has 0 aliphatic heterocycles. The summed E-state index contributed by atoms with van der Waals surface area (Å²) >= 11 is 0. The minimum atomic E-state index is -4.32. The number of halogens is 4. The lowest BCUT2D eigenvalue weighted by atomic mass is 10.2. The third-order valence-corrected chi connectivity index (χ3v) is 3.19. The highest BCUT2D eigenvalue weighted by Gasteiger charge is 2.26. The van der Waals surface area contributed by atoms with Crippen LogP contribution in [0, 0.1) is 5.82 Å². The van der Waals surface area contributed by atoms with Gasteiger partial charge in [-0.15, -0.1) is 0 Å². The van der Waals surface area contributed by atoms with Crippen molar-refractivity contribution in [3.63, 3.8) is 0 Å². The number of anilines is 2. The topological polar surface area (TPSA) is 76.0 Å². The maximum atomic E-state index is 13.6. The predicted octanol–water partition coefficient (Wildman–Crippen LogP) is 3.35. The molecule has 26 heavy (non-hydrogen) atoms. The van der Waals surface area contributed by atoms with Crippen molar-refractivity contribution < 1.29 is 27.2 Å². The van der Waals surface area contributed by atoms with E-state index in [0.717, 1.165) is 23.0 Å². The number of carbonyl (C=O) groups is 2. The first kappa shape index (κ1) is 19.2. The van der Waals surface area contributed by atoms with Gasteiger partial charge in [-0.2, -0.15) is 18.3 Å². The molecule has 1 aromatic carbocycles. The third kappa shape index (κ3) is 5.43. The van der Waals surface area contributed by atoms with Crippen molar-refractivity contribution in [2.24, 2.45) is 0 Å². The molecule has 10 heteroatoms. The Morgan fingerprint density at radius 3 is 2.65 bits per heavy atom. The summed E-state index contributed by atoms with van der Waals surface area (Å²) < 4.78 is 51.2. The summed E-state index contributed by atoms with van der Waals surface area (Å²) in [5, 5.41) is 8.38. The van der Waals surface area contributed by atoms with Gasteiger partial charge in [0, 0.05) is 18.4 Å². The van der Waals surface area contributed by atoms with Gasteiger partial charge in [0.2, 0.25) is 5.91 Å². The van der Waals surface area contributed by atoms with Gasteiger partial charge in [0.05, 0.1) is 23.9 Å². The summed E-state index contributed by atoms with van der Waals surface area (Å²) in [7, 11) is 0. The lowest BCUT2D eigenvalue weighted by molar-refractivity contribution is -0.137. The molecule has 2 aromatic rings. The summed E-state index contributed by atoms with van der Waals surface area (Å²) in [5.41, 5.74) is 0.0561. The largest absolute Gasteiger partial charge is 0.390 e. The van der Waals surface area contributed by atoms with E-state index in [1.54, 1.807) is 0 Å². The van der Waals surface area contributed by atoms with Crippen molar-refractivity contribution >= 4 is 23.2 Å². The number of hydrogen-bond donors (Lipinski definition) is 2. The molecule has 6 nitrogen and oxygen atoms in total. The molecule has 0 aliphatic carbocycles. The normalized spacial score (nSPS) is 11.1. The molecule has 2 amide bonds. The van der Waals surface area contributed by atoms with Crippen LogP contribution in [0.15, 0.2) is 43.2 Å². The van der Waals surface area contributed by atoms with Crippen molar-refractivity contribution in [1.82, 2.24) is 9.78 Å². The van der Waals surface area contributed by atoms with Crippen LogP contribution in [0.2, 0.25) is 0 Å². The summed E-state index contributed by atoms with van der Waals surface area (Å²) in [6, 6.07) is 3.51. The van der Waals surface area contributed by atoms with E-state index in [9.17, 15) is 27.2 Å². The van der Waals surface area contributed by atoms with Crippen LogP contribution in [0.1, 0.15) is 16.8 Å². The zero-order chi connectivity index (χ0) is 19.3. The standard InChI is InChI=1S/C16H14F4N4O2/c1-2-14(25)23-13-7-11(3-4-12(13)17)22-15(26)10-8-21-24(9-10)6-5-16(18,19)20/h2-4,7-9H,1,5-6H2,(H,22,26)(H,23,25). The second kappa shape index (κ2) is 7.81. The number of nitrogens with zero attached hydrogens (tertiary/aromatic N) is 2. The summed E-state index contributed by atoms with van der Waals surface area (Å²) in [6.07, 6.45) is -2.14. The second-order valence-corrected chi connectivity index (χ2v) is 5.20. The quantitative estimate of drug-likeness (QED) is 0.605. The first-order valence-corrected chi connectivity index (χ1v) is 7.31. The fourth-order valence-electron chi connectivity index (χ4n) is 1.93. The number of hydrogen-bond acceptors (Lipinski definition) is 3. The first-order chi connectivity index (χ1) is 12.2. The molecule has 138 valence electrons. The highest BCUT2D eigenvalue weighted by atomic mass is 19.4. The Morgan fingerprint density at radius 1 is 1.27 bits per heavy atom. The van der Waals surface area contributed by atoms with E-state index in [4.69, 9.17) is 0 Å². The minimum Gasteiger partial charge on any atom is -0.322 e. The van der Waals surface area contributed by atoms with Gasteiger partial charge in [0.25, 0.3) is 5.91 Å².